The first-order chi connectivity index (χ1) is 21.0. The number of thiophene rings is 1. The standard InChI is InChI=1S/C36H32N2O3S2/c39-36(37-35(28-13-3-1-4-14-28)29-15-5-2-6-16-29)33(24-30-25-42-34-21-10-9-20-32(30)34)38-43(40,41)23-22-27-18-11-17-26-12-7-8-19-31(26)27/h1-21,25,33,35,38H,22-24H2,(H,37,39)/t33-/m1/s1. The van der Waals surface area contributed by atoms with E-state index in [1.807, 2.05) is 133 Å². The highest BCUT2D eigenvalue weighted by Gasteiger charge is 2.28. The molecule has 0 saturated carbocycles. The number of sulfonamides is 1. The second-order valence-corrected chi connectivity index (χ2v) is 13.4. The third-order valence-electron chi connectivity index (χ3n) is 7.70. The Morgan fingerprint density at radius 1 is 0.674 bits per heavy atom. The van der Waals surface area contributed by atoms with E-state index in [9.17, 15) is 13.2 Å². The van der Waals surface area contributed by atoms with Crippen molar-refractivity contribution in [2.75, 3.05) is 5.75 Å². The molecule has 0 aliphatic rings. The number of hydrogen-bond donors (Lipinski definition) is 2. The van der Waals surface area contributed by atoms with E-state index in [1.165, 1.54) is 0 Å². The van der Waals surface area contributed by atoms with Gasteiger partial charge in [0.1, 0.15) is 6.04 Å². The van der Waals surface area contributed by atoms with Crippen molar-refractivity contribution < 1.29 is 13.2 Å². The van der Waals surface area contributed by atoms with Gasteiger partial charge in [0.2, 0.25) is 15.9 Å². The molecule has 1 aromatic heterocycles. The molecule has 5 nitrogen and oxygen atoms in total. The molecule has 6 aromatic rings. The van der Waals surface area contributed by atoms with Crippen LogP contribution in [0.1, 0.15) is 28.3 Å². The van der Waals surface area contributed by atoms with Crippen molar-refractivity contribution in [1.29, 1.82) is 0 Å². The molecule has 1 heterocycles. The van der Waals surface area contributed by atoms with Crippen molar-refractivity contribution in [3.63, 3.8) is 0 Å². The molecule has 2 N–H and O–H groups in total. The predicted octanol–water partition coefficient (Wildman–Crippen LogP) is 7.03. The highest BCUT2D eigenvalue weighted by molar-refractivity contribution is 7.89. The summed E-state index contributed by atoms with van der Waals surface area (Å²) >= 11 is 1.59. The summed E-state index contributed by atoms with van der Waals surface area (Å²) in [6.45, 7) is 0. The van der Waals surface area contributed by atoms with Crippen molar-refractivity contribution in [1.82, 2.24) is 10.0 Å². The minimum absolute atomic E-state index is 0.129. The molecule has 0 saturated heterocycles. The quantitative estimate of drug-likeness (QED) is 0.167. The molecule has 0 aliphatic carbocycles. The van der Waals surface area contributed by atoms with Crippen LogP contribution in [0.3, 0.4) is 0 Å². The van der Waals surface area contributed by atoms with Crippen LogP contribution in [0.4, 0.5) is 0 Å². The zero-order chi connectivity index (χ0) is 29.6. The van der Waals surface area contributed by atoms with Gasteiger partial charge in [-0.1, -0.05) is 121 Å². The second kappa shape index (κ2) is 12.9. The summed E-state index contributed by atoms with van der Waals surface area (Å²) in [5, 5.41) is 8.32. The summed E-state index contributed by atoms with van der Waals surface area (Å²) in [6, 6.07) is 39.9. The van der Waals surface area contributed by atoms with E-state index in [1.54, 1.807) is 11.3 Å². The number of nitrogens with one attached hydrogen (secondary N) is 2. The maximum Gasteiger partial charge on any atom is 0.239 e. The van der Waals surface area contributed by atoms with Gasteiger partial charge in [0, 0.05) is 4.70 Å². The smallest absolute Gasteiger partial charge is 0.239 e. The number of aryl methyl sites for hydroxylation is 1. The summed E-state index contributed by atoms with van der Waals surface area (Å²) in [4.78, 5) is 14.1. The van der Waals surface area contributed by atoms with Crippen LogP contribution in [0.2, 0.25) is 0 Å². The average Bonchev–Trinajstić information content (AvgIpc) is 3.45. The van der Waals surface area contributed by atoms with E-state index in [2.05, 4.69) is 10.0 Å². The Bertz CT molecular complexity index is 1910. The number of rotatable bonds is 11. The number of fused-ring (bicyclic) bond motifs is 2. The Labute approximate surface area is 256 Å². The van der Waals surface area contributed by atoms with Crippen LogP contribution >= 0.6 is 11.3 Å². The molecular formula is C36H32N2O3S2. The van der Waals surface area contributed by atoms with Crippen molar-refractivity contribution in [2.45, 2.75) is 24.9 Å². The zero-order valence-electron chi connectivity index (χ0n) is 23.5. The lowest BCUT2D eigenvalue weighted by molar-refractivity contribution is -0.123. The Morgan fingerprint density at radius 2 is 1.28 bits per heavy atom. The molecule has 7 heteroatoms. The van der Waals surface area contributed by atoms with Crippen LogP contribution in [0.25, 0.3) is 20.9 Å². The van der Waals surface area contributed by atoms with Crippen molar-refractivity contribution >= 4 is 48.1 Å². The minimum Gasteiger partial charge on any atom is -0.344 e. The van der Waals surface area contributed by atoms with Gasteiger partial charge in [-0.2, -0.15) is 0 Å². The summed E-state index contributed by atoms with van der Waals surface area (Å²) < 4.78 is 31.1. The molecule has 216 valence electrons. The van der Waals surface area contributed by atoms with Gasteiger partial charge in [-0.15, -0.1) is 11.3 Å². The highest BCUT2D eigenvalue weighted by atomic mass is 32.2. The fourth-order valence-electron chi connectivity index (χ4n) is 5.52. The molecule has 5 aromatic carbocycles. The SMILES string of the molecule is O=C(NC(c1ccccc1)c1ccccc1)[C@@H](Cc1csc2ccccc12)NS(=O)(=O)CCc1cccc2ccccc12. The molecule has 0 aliphatic heterocycles. The Balaban J connectivity index is 1.28. The van der Waals surface area contributed by atoms with Crippen LogP contribution in [0.15, 0.2) is 133 Å². The van der Waals surface area contributed by atoms with Gasteiger partial charge in [-0.05, 0) is 62.7 Å². The molecule has 1 amide bonds. The first-order valence-corrected chi connectivity index (χ1v) is 16.8. The number of carbonyl (C=O) groups excluding carboxylic acids is 1. The number of amides is 1. The average molecular weight is 605 g/mol. The third-order valence-corrected chi connectivity index (χ3v) is 10.1. The fraction of sp³-hybridized carbons (Fsp3) is 0.139. The largest absolute Gasteiger partial charge is 0.344 e. The van der Waals surface area contributed by atoms with E-state index in [4.69, 9.17) is 0 Å². The first-order valence-electron chi connectivity index (χ1n) is 14.3. The van der Waals surface area contributed by atoms with Crippen molar-refractivity contribution in [2.24, 2.45) is 0 Å². The van der Waals surface area contributed by atoms with Gasteiger partial charge in [0.25, 0.3) is 0 Å². The molecule has 0 radical (unpaired) electrons. The van der Waals surface area contributed by atoms with Crippen molar-refractivity contribution in [3.8, 4) is 0 Å². The van der Waals surface area contributed by atoms with E-state index in [0.29, 0.717) is 6.42 Å². The van der Waals surface area contributed by atoms with Gasteiger partial charge in [-0.25, -0.2) is 13.1 Å². The van der Waals surface area contributed by atoms with Crippen LogP contribution in [0.5, 0.6) is 0 Å². The van der Waals surface area contributed by atoms with Gasteiger partial charge >= 0.3 is 0 Å². The van der Waals surface area contributed by atoms with Crippen LogP contribution in [0, 0.1) is 0 Å². The molecule has 1 atom stereocenters. The van der Waals surface area contributed by atoms with Crippen LogP contribution in [-0.2, 0) is 27.7 Å². The Hall–Kier alpha value is -4.30. The van der Waals surface area contributed by atoms with E-state index < -0.39 is 22.1 Å². The first kappa shape index (κ1) is 28.8. The van der Waals surface area contributed by atoms with Gasteiger partial charge < -0.3 is 5.32 Å². The minimum atomic E-state index is -3.82. The fourth-order valence-corrected chi connectivity index (χ4v) is 7.73. The Kier molecular flexibility index (Phi) is 8.65. The lowest BCUT2D eigenvalue weighted by Gasteiger charge is -2.24. The van der Waals surface area contributed by atoms with Crippen LogP contribution in [-0.4, -0.2) is 26.1 Å². The molecule has 0 spiro atoms. The monoisotopic (exact) mass is 604 g/mol. The van der Waals surface area contributed by atoms with Crippen molar-refractivity contribution in [3.05, 3.63) is 155 Å². The lowest BCUT2D eigenvalue weighted by Crippen LogP contribution is -2.49. The Morgan fingerprint density at radius 3 is 2.00 bits per heavy atom. The van der Waals surface area contributed by atoms with Gasteiger partial charge in [0.15, 0.2) is 0 Å². The van der Waals surface area contributed by atoms with E-state index in [-0.39, 0.29) is 18.1 Å². The topological polar surface area (TPSA) is 75.3 Å². The molecule has 43 heavy (non-hydrogen) atoms. The molecule has 6 rings (SSSR count). The summed E-state index contributed by atoms with van der Waals surface area (Å²) in [5.41, 5.74) is 3.73. The summed E-state index contributed by atoms with van der Waals surface area (Å²) in [7, 11) is -3.82. The number of carbonyl (C=O) groups is 1. The second-order valence-electron chi connectivity index (χ2n) is 10.6. The molecule has 0 bridgehead atoms. The molecule has 0 unspecified atom stereocenters. The molecular weight excluding hydrogens is 573 g/mol. The zero-order valence-corrected chi connectivity index (χ0v) is 25.2. The third kappa shape index (κ3) is 6.86. The van der Waals surface area contributed by atoms with E-state index >= 15 is 0 Å². The van der Waals surface area contributed by atoms with Gasteiger partial charge in [0.05, 0.1) is 11.8 Å². The van der Waals surface area contributed by atoms with Crippen LogP contribution < -0.4 is 10.0 Å². The predicted molar refractivity (Wildman–Crippen MR) is 177 cm³/mol. The number of hydrogen-bond acceptors (Lipinski definition) is 4. The summed E-state index contributed by atoms with van der Waals surface area (Å²) in [6.07, 6.45) is 0.572. The summed E-state index contributed by atoms with van der Waals surface area (Å²) in [5.74, 6) is -0.502. The van der Waals surface area contributed by atoms with Gasteiger partial charge in [-0.3, -0.25) is 4.79 Å². The van der Waals surface area contributed by atoms with E-state index in [0.717, 1.165) is 43.1 Å². The highest BCUT2D eigenvalue weighted by Crippen LogP contribution is 2.28. The number of benzene rings is 5. The lowest BCUT2D eigenvalue weighted by atomic mass is 9.97. The maximum absolute atomic E-state index is 14.1. The molecule has 0 fully saturated rings. The maximum atomic E-state index is 14.1. The normalized spacial score (nSPS) is 12.5.